The molecule has 1 amide bonds. The Morgan fingerprint density at radius 2 is 1.87 bits per heavy atom. The minimum atomic E-state index is -0.250. The van der Waals surface area contributed by atoms with Crippen molar-refractivity contribution in [2.45, 2.75) is 31.6 Å². The Kier molecular flexibility index (Phi) is 5.51. The summed E-state index contributed by atoms with van der Waals surface area (Å²) in [6.45, 7) is 1.01. The van der Waals surface area contributed by atoms with Crippen molar-refractivity contribution < 1.29 is 14.7 Å². The summed E-state index contributed by atoms with van der Waals surface area (Å²) in [5, 5.41) is 17.5. The zero-order valence-corrected chi connectivity index (χ0v) is 16.4. The van der Waals surface area contributed by atoms with Crippen LogP contribution in [0.2, 0.25) is 0 Å². The van der Waals surface area contributed by atoms with Gasteiger partial charge in [0.1, 0.15) is 5.69 Å². The van der Waals surface area contributed by atoms with Gasteiger partial charge in [0.05, 0.1) is 11.4 Å². The van der Waals surface area contributed by atoms with Crippen LogP contribution in [0.1, 0.15) is 46.2 Å². The first-order valence-electron chi connectivity index (χ1n) is 9.93. The summed E-state index contributed by atoms with van der Waals surface area (Å²) < 4.78 is 1.41. The monoisotopic (exact) mass is 409 g/mol. The van der Waals surface area contributed by atoms with Gasteiger partial charge >= 0.3 is 0 Å². The molecule has 5 rings (SSSR count). The largest absolute Gasteiger partial charge is 0.483 e. The van der Waals surface area contributed by atoms with Gasteiger partial charge in [-0.1, -0.05) is 18.2 Å². The van der Waals surface area contributed by atoms with Crippen LogP contribution in [0.15, 0.2) is 41.2 Å². The van der Waals surface area contributed by atoms with Gasteiger partial charge < -0.3 is 10.0 Å². The van der Waals surface area contributed by atoms with Gasteiger partial charge in [0, 0.05) is 37.2 Å². The van der Waals surface area contributed by atoms with Gasteiger partial charge in [0.15, 0.2) is 0 Å². The van der Waals surface area contributed by atoms with Gasteiger partial charge in [-0.25, -0.2) is 4.68 Å². The number of carbonyl (C=O) groups is 2. The molecule has 156 valence electrons. The molecule has 2 aliphatic rings. The fourth-order valence-corrected chi connectivity index (χ4v) is 3.85. The predicted octanol–water partition coefficient (Wildman–Crippen LogP) is 1.71. The number of nitrogens with one attached hydrogen (secondary N) is 2. The van der Waals surface area contributed by atoms with E-state index in [4.69, 9.17) is 9.90 Å². The standard InChI is InChI=1S/C20H21N5O2.CH2O2/c26-18-12-17(23-25(18)14-4-2-1-3-5-14)20(27)24-10-8-15-16(9-11-24)21-22-19(15)13-6-7-13;2-1-3/h1-5,12-13,23H,6-11H2,(H,21,22);1H,(H,2,3). The van der Waals surface area contributed by atoms with Crippen molar-refractivity contribution in [2.75, 3.05) is 13.1 Å². The molecule has 30 heavy (non-hydrogen) atoms. The molecule has 0 atom stereocenters. The third-order valence-corrected chi connectivity index (χ3v) is 5.46. The fourth-order valence-electron chi connectivity index (χ4n) is 3.85. The first-order chi connectivity index (χ1) is 14.6. The second-order valence-electron chi connectivity index (χ2n) is 7.42. The highest BCUT2D eigenvalue weighted by atomic mass is 16.3. The van der Waals surface area contributed by atoms with Crippen LogP contribution in [0.4, 0.5) is 0 Å². The molecule has 3 N–H and O–H groups in total. The fraction of sp³-hybridized carbons (Fsp3) is 0.333. The van der Waals surface area contributed by atoms with E-state index in [-0.39, 0.29) is 17.9 Å². The van der Waals surface area contributed by atoms with Crippen LogP contribution in [0.25, 0.3) is 5.69 Å². The number of amides is 1. The van der Waals surface area contributed by atoms with Crippen molar-refractivity contribution >= 4 is 12.4 Å². The van der Waals surface area contributed by atoms with Crippen molar-refractivity contribution in [3.05, 3.63) is 69.4 Å². The number of carbonyl (C=O) groups excluding carboxylic acids is 1. The van der Waals surface area contributed by atoms with Crippen LogP contribution in [-0.2, 0) is 17.6 Å². The summed E-state index contributed by atoms with van der Waals surface area (Å²) in [7, 11) is 0. The zero-order chi connectivity index (χ0) is 21.1. The summed E-state index contributed by atoms with van der Waals surface area (Å²) in [6, 6.07) is 10.7. The van der Waals surface area contributed by atoms with Crippen molar-refractivity contribution in [1.82, 2.24) is 24.9 Å². The molecular weight excluding hydrogens is 386 g/mol. The lowest BCUT2D eigenvalue weighted by Gasteiger charge is -2.19. The van der Waals surface area contributed by atoms with E-state index in [0.717, 1.165) is 18.5 Å². The molecule has 0 unspecified atom stereocenters. The molecule has 9 heteroatoms. The van der Waals surface area contributed by atoms with Crippen molar-refractivity contribution in [3.8, 4) is 5.69 Å². The summed E-state index contributed by atoms with van der Waals surface area (Å²) >= 11 is 0. The number of aromatic amines is 2. The first-order valence-corrected chi connectivity index (χ1v) is 9.93. The average Bonchev–Trinajstić information content (AvgIpc) is 3.47. The number of nitrogens with zero attached hydrogens (tertiary/aromatic N) is 3. The lowest BCUT2D eigenvalue weighted by Crippen LogP contribution is -2.33. The topological polar surface area (TPSA) is 124 Å². The van der Waals surface area contributed by atoms with Crippen molar-refractivity contribution in [3.63, 3.8) is 0 Å². The van der Waals surface area contributed by atoms with Crippen LogP contribution in [-0.4, -0.2) is 55.5 Å². The number of fused-ring (bicyclic) bond motifs is 1. The minimum Gasteiger partial charge on any atom is -0.483 e. The molecule has 1 aliphatic carbocycles. The summed E-state index contributed by atoms with van der Waals surface area (Å²) in [5.41, 5.74) is 4.46. The molecule has 1 fully saturated rings. The van der Waals surface area contributed by atoms with Gasteiger partial charge in [-0.3, -0.25) is 24.6 Å². The zero-order valence-electron chi connectivity index (χ0n) is 16.4. The summed E-state index contributed by atoms with van der Waals surface area (Å²) in [5.74, 6) is 0.469. The van der Waals surface area contributed by atoms with E-state index in [1.807, 2.05) is 35.2 Å². The average molecular weight is 409 g/mol. The summed E-state index contributed by atoms with van der Waals surface area (Å²) in [4.78, 5) is 35.5. The van der Waals surface area contributed by atoms with Gasteiger partial charge in [0.2, 0.25) is 0 Å². The third-order valence-electron chi connectivity index (χ3n) is 5.46. The molecule has 0 bridgehead atoms. The molecule has 0 spiro atoms. The van der Waals surface area contributed by atoms with Gasteiger partial charge in [-0.05, 0) is 37.0 Å². The minimum absolute atomic E-state index is 0.132. The maximum absolute atomic E-state index is 13.0. The van der Waals surface area contributed by atoms with Crippen molar-refractivity contribution in [2.24, 2.45) is 0 Å². The smallest absolute Gasteiger partial charge is 0.290 e. The maximum Gasteiger partial charge on any atom is 0.290 e. The third kappa shape index (κ3) is 3.91. The maximum atomic E-state index is 13.0. The number of benzene rings is 1. The molecule has 0 saturated heterocycles. The number of rotatable bonds is 3. The second-order valence-corrected chi connectivity index (χ2v) is 7.42. The van der Waals surface area contributed by atoms with Gasteiger partial charge in [-0.2, -0.15) is 5.10 Å². The van der Waals surface area contributed by atoms with Crippen LogP contribution in [0.5, 0.6) is 0 Å². The van der Waals surface area contributed by atoms with E-state index < -0.39 is 0 Å². The predicted molar refractivity (Wildman–Crippen MR) is 109 cm³/mol. The second kappa shape index (κ2) is 8.40. The van der Waals surface area contributed by atoms with E-state index in [2.05, 4.69) is 15.3 Å². The van der Waals surface area contributed by atoms with Crippen molar-refractivity contribution in [1.29, 1.82) is 0 Å². The van der Waals surface area contributed by atoms with E-state index >= 15 is 0 Å². The van der Waals surface area contributed by atoms with Crippen LogP contribution in [0.3, 0.4) is 0 Å². The molecule has 9 nitrogen and oxygen atoms in total. The Morgan fingerprint density at radius 1 is 1.17 bits per heavy atom. The van der Waals surface area contributed by atoms with E-state index in [9.17, 15) is 9.59 Å². The number of hydrogen-bond donors (Lipinski definition) is 3. The quantitative estimate of drug-likeness (QED) is 0.568. The highest BCUT2D eigenvalue weighted by molar-refractivity contribution is 5.92. The lowest BCUT2D eigenvalue weighted by atomic mass is 10.1. The highest BCUT2D eigenvalue weighted by Gasteiger charge is 2.32. The molecule has 0 radical (unpaired) electrons. The Hall–Kier alpha value is -3.62. The van der Waals surface area contributed by atoms with Gasteiger partial charge in [-0.15, -0.1) is 0 Å². The number of hydrogen-bond acceptors (Lipinski definition) is 4. The van der Waals surface area contributed by atoms with E-state index in [1.165, 1.54) is 34.8 Å². The molecule has 1 aromatic carbocycles. The highest BCUT2D eigenvalue weighted by Crippen LogP contribution is 2.41. The van der Waals surface area contributed by atoms with Crippen LogP contribution >= 0.6 is 0 Å². The molecular formula is C21H23N5O4. The van der Waals surface area contributed by atoms with Gasteiger partial charge in [0.25, 0.3) is 17.9 Å². The Balaban J connectivity index is 0.000000687. The van der Waals surface area contributed by atoms with E-state index in [1.54, 1.807) is 0 Å². The first kappa shape index (κ1) is 19.7. The molecule has 3 heterocycles. The Bertz CT molecular complexity index is 1090. The van der Waals surface area contributed by atoms with Crippen LogP contribution in [0, 0.1) is 0 Å². The Morgan fingerprint density at radius 3 is 2.57 bits per heavy atom. The SMILES string of the molecule is O=C(c1cc(=O)n(-c2ccccc2)[nH]1)N1CCc2[nH]nc(C3CC3)c2CC1.O=CO. The van der Waals surface area contributed by atoms with Crippen LogP contribution < -0.4 is 5.56 Å². The summed E-state index contributed by atoms with van der Waals surface area (Å²) in [6.07, 6.45) is 4.01. The molecule has 2 aromatic heterocycles. The normalized spacial score (nSPS) is 15.5. The number of aromatic nitrogens is 4. The molecule has 1 aliphatic heterocycles. The number of H-pyrrole nitrogens is 2. The van der Waals surface area contributed by atoms with E-state index in [0.29, 0.717) is 30.4 Å². The Labute approximate surface area is 172 Å². The molecule has 3 aromatic rings. The number of para-hydroxylation sites is 1. The molecule has 1 saturated carbocycles. The number of carboxylic acid groups (broad SMARTS) is 1. The lowest BCUT2D eigenvalue weighted by molar-refractivity contribution is -0.122.